The predicted octanol–water partition coefficient (Wildman–Crippen LogP) is 3.39. The Balaban J connectivity index is 2.29. The number of hydrogen-bond acceptors (Lipinski definition) is 5. The summed E-state index contributed by atoms with van der Waals surface area (Å²) in [5, 5.41) is 0.834. The molecule has 0 saturated carbocycles. The highest BCUT2D eigenvalue weighted by Crippen LogP contribution is 2.28. The highest BCUT2D eigenvalue weighted by atomic mass is 35.5. The summed E-state index contributed by atoms with van der Waals surface area (Å²) in [6, 6.07) is 8.00. The van der Waals surface area contributed by atoms with Gasteiger partial charge in [-0.1, -0.05) is 11.6 Å². The van der Waals surface area contributed by atoms with Crippen molar-refractivity contribution in [3.05, 3.63) is 51.4 Å². The van der Waals surface area contributed by atoms with Crippen molar-refractivity contribution >= 4 is 39.7 Å². The molecule has 0 radical (unpaired) electrons. The van der Waals surface area contributed by atoms with Crippen LogP contribution in [0.2, 0.25) is 5.02 Å². The maximum Gasteiger partial charge on any atom is 0.341 e. The number of esters is 1. The Kier molecular flexibility index (Phi) is 4.42. The molecule has 0 aliphatic rings. The molecule has 0 amide bonds. The van der Waals surface area contributed by atoms with E-state index in [0.29, 0.717) is 15.5 Å². The van der Waals surface area contributed by atoms with Crippen molar-refractivity contribution in [1.29, 1.82) is 0 Å². The number of benzene rings is 1. The molecular formula is C14H12ClNO3S. The van der Waals surface area contributed by atoms with Crippen LogP contribution < -0.4 is 5.73 Å². The minimum atomic E-state index is -0.517. The zero-order valence-electron chi connectivity index (χ0n) is 10.7. The van der Waals surface area contributed by atoms with Crippen LogP contribution in [0.25, 0.3) is 0 Å². The molecule has 0 bridgehead atoms. The number of halogens is 1. The largest absolute Gasteiger partial charge is 0.462 e. The molecule has 0 spiro atoms. The monoisotopic (exact) mass is 309 g/mol. The van der Waals surface area contributed by atoms with Crippen molar-refractivity contribution in [1.82, 2.24) is 0 Å². The van der Waals surface area contributed by atoms with Crippen LogP contribution in [-0.4, -0.2) is 18.4 Å². The molecular weight excluding hydrogens is 298 g/mol. The quantitative estimate of drug-likeness (QED) is 0.694. The number of nitrogens with two attached hydrogens (primary N) is 1. The summed E-state index contributed by atoms with van der Waals surface area (Å²) < 4.78 is 4.88. The van der Waals surface area contributed by atoms with Crippen molar-refractivity contribution in [3.63, 3.8) is 0 Å². The predicted molar refractivity (Wildman–Crippen MR) is 79.6 cm³/mol. The fourth-order valence-electron chi connectivity index (χ4n) is 1.63. The maximum atomic E-state index is 12.3. The second kappa shape index (κ2) is 6.07. The first kappa shape index (κ1) is 14.6. The second-order valence-corrected chi connectivity index (χ2v) is 5.47. The van der Waals surface area contributed by atoms with Gasteiger partial charge in [-0.05, 0) is 37.3 Å². The van der Waals surface area contributed by atoms with E-state index in [0.717, 1.165) is 11.3 Å². The smallest absolute Gasteiger partial charge is 0.341 e. The molecule has 0 atom stereocenters. The van der Waals surface area contributed by atoms with Crippen LogP contribution in [0.3, 0.4) is 0 Å². The summed E-state index contributed by atoms with van der Waals surface area (Å²) in [4.78, 5) is 24.3. The minimum Gasteiger partial charge on any atom is -0.462 e. The fraction of sp³-hybridized carbons (Fsp3) is 0.143. The van der Waals surface area contributed by atoms with Crippen LogP contribution in [0.1, 0.15) is 32.5 Å². The van der Waals surface area contributed by atoms with E-state index in [2.05, 4.69) is 0 Å². The van der Waals surface area contributed by atoms with Crippen molar-refractivity contribution in [2.24, 2.45) is 0 Å². The Hall–Kier alpha value is -1.85. The van der Waals surface area contributed by atoms with Gasteiger partial charge in [0.1, 0.15) is 5.00 Å². The first-order chi connectivity index (χ1) is 9.52. The fourth-order valence-corrected chi connectivity index (χ4v) is 2.63. The van der Waals surface area contributed by atoms with Crippen LogP contribution >= 0.6 is 22.9 Å². The Morgan fingerprint density at radius 3 is 2.55 bits per heavy atom. The van der Waals surface area contributed by atoms with Gasteiger partial charge in [-0.3, -0.25) is 4.79 Å². The summed E-state index contributed by atoms with van der Waals surface area (Å²) in [6.45, 7) is 1.97. The van der Waals surface area contributed by atoms with Gasteiger partial charge in [0.25, 0.3) is 0 Å². The third kappa shape index (κ3) is 3.00. The maximum absolute atomic E-state index is 12.3. The summed E-state index contributed by atoms with van der Waals surface area (Å²) in [7, 11) is 0. The molecule has 0 aliphatic heterocycles. The lowest BCUT2D eigenvalue weighted by molar-refractivity contribution is 0.0528. The van der Waals surface area contributed by atoms with Gasteiger partial charge in [0.2, 0.25) is 5.78 Å². The summed E-state index contributed by atoms with van der Waals surface area (Å²) in [5.74, 6) is -0.717. The lowest BCUT2D eigenvalue weighted by Gasteiger charge is -1.99. The number of anilines is 1. The molecule has 2 aromatic rings. The Morgan fingerprint density at radius 2 is 1.95 bits per heavy atom. The van der Waals surface area contributed by atoms with Crippen LogP contribution in [0, 0.1) is 0 Å². The van der Waals surface area contributed by atoms with Crippen molar-refractivity contribution in [2.45, 2.75) is 6.92 Å². The number of ketones is 1. The molecule has 2 rings (SSSR count). The molecule has 0 saturated heterocycles. The molecule has 0 unspecified atom stereocenters. The average molecular weight is 310 g/mol. The molecule has 1 aromatic heterocycles. The molecule has 1 heterocycles. The van der Waals surface area contributed by atoms with Crippen LogP contribution in [-0.2, 0) is 4.74 Å². The normalized spacial score (nSPS) is 10.3. The zero-order valence-corrected chi connectivity index (χ0v) is 12.3. The van der Waals surface area contributed by atoms with Crippen LogP contribution in [0.15, 0.2) is 30.3 Å². The van der Waals surface area contributed by atoms with E-state index in [-0.39, 0.29) is 23.0 Å². The van der Waals surface area contributed by atoms with Crippen LogP contribution in [0.4, 0.5) is 5.00 Å². The number of carbonyl (C=O) groups is 2. The van der Waals surface area contributed by atoms with Gasteiger partial charge >= 0.3 is 5.97 Å². The number of rotatable bonds is 4. The zero-order chi connectivity index (χ0) is 14.7. The van der Waals surface area contributed by atoms with E-state index in [1.807, 2.05) is 0 Å². The van der Waals surface area contributed by atoms with Crippen molar-refractivity contribution in [2.75, 3.05) is 12.3 Å². The van der Waals surface area contributed by atoms with Gasteiger partial charge in [-0.25, -0.2) is 4.79 Å². The first-order valence-corrected chi connectivity index (χ1v) is 7.09. The molecule has 1 aromatic carbocycles. The number of ether oxygens (including phenoxy) is 1. The third-order valence-corrected chi connectivity index (χ3v) is 3.80. The van der Waals surface area contributed by atoms with E-state index < -0.39 is 5.97 Å². The molecule has 104 valence electrons. The SMILES string of the molecule is CCOC(=O)c1cc(C(=O)c2ccc(Cl)cc2)sc1N. The molecule has 20 heavy (non-hydrogen) atoms. The Bertz CT molecular complexity index is 649. The molecule has 2 N–H and O–H groups in total. The van der Waals surface area contributed by atoms with E-state index in [9.17, 15) is 9.59 Å². The summed E-state index contributed by atoms with van der Waals surface area (Å²) >= 11 is 6.85. The Morgan fingerprint density at radius 1 is 1.30 bits per heavy atom. The van der Waals surface area contributed by atoms with Crippen molar-refractivity contribution < 1.29 is 14.3 Å². The van der Waals surface area contributed by atoms with Gasteiger partial charge in [0.15, 0.2) is 0 Å². The van der Waals surface area contributed by atoms with Gasteiger partial charge in [-0.15, -0.1) is 11.3 Å². The lowest BCUT2D eigenvalue weighted by Crippen LogP contribution is -2.05. The molecule has 0 fully saturated rings. The molecule has 6 heteroatoms. The van der Waals surface area contributed by atoms with Crippen molar-refractivity contribution in [3.8, 4) is 0 Å². The van der Waals surface area contributed by atoms with Gasteiger partial charge in [0.05, 0.1) is 17.0 Å². The molecule has 4 nitrogen and oxygen atoms in total. The number of carbonyl (C=O) groups excluding carboxylic acids is 2. The van der Waals surface area contributed by atoms with E-state index in [1.54, 1.807) is 31.2 Å². The first-order valence-electron chi connectivity index (χ1n) is 5.89. The second-order valence-electron chi connectivity index (χ2n) is 3.95. The summed E-state index contributed by atoms with van der Waals surface area (Å²) in [5.41, 5.74) is 6.48. The average Bonchev–Trinajstić information content (AvgIpc) is 2.81. The highest BCUT2D eigenvalue weighted by Gasteiger charge is 2.19. The Labute approximate surface area is 125 Å². The number of nitrogen functional groups attached to an aromatic ring is 1. The van der Waals surface area contributed by atoms with E-state index in [1.165, 1.54) is 6.07 Å². The summed E-state index contributed by atoms with van der Waals surface area (Å²) in [6.07, 6.45) is 0. The number of thiophene rings is 1. The van der Waals surface area contributed by atoms with E-state index in [4.69, 9.17) is 22.1 Å². The van der Waals surface area contributed by atoms with Gasteiger partial charge in [-0.2, -0.15) is 0 Å². The lowest BCUT2D eigenvalue weighted by atomic mass is 10.1. The third-order valence-electron chi connectivity index (χ3n) is 2.59. The molecule has 0 aliphatic carbocycles. The standard InChI is InChI=1S/C14H12ClNO3S/c1-2-19-14(18)10-7-11(20-13(10)16)12(17)8-3-5-9(15)6-4-8/h3-7H,2,16H2,1H3. The number of hydrogen-bond donors (Lipinski definition) is 1. The van der Waals surface area contributed by atoms with Gasteiger partial charge < -0.3 is 10.5 Å². The van der Waals surface area contributed by atoms with E-state index >= 15 is 0 Å². The topological polar surface area (TPSA) is 69.4 Å². The minimum absolute atomic E-state index is 0.200. The van der Waals surface area contributed by atoms with Gasteiger partial charge in [0, 0.05) is 10.6 Å². The van der Waals surface area contributed by atoms with Crippen LogP contribution in [0.5, 0.6) is 0 Å². The highest BCUT2D eigenvalue weighted by molar-refractivity contribution is 7.18.